The van der Waals surface area contributed by atoms with E-state index in [0.29, 0.717) is 0 Å². The van der Waals surface area contributed by atoms with Crippen LogP contribution in [0, 0.1) is 5.92 Å². The van der Waals surface area contributed by atoms with Gasteiger partial charge in [-0.25, -0.2) is 4.79 Å². The summed E-state index contributed by atoms with van der Waals surface area (Å²) in [6, 6.07) is 4.82. The van der Waals surface area contributed by atoms with Gasteiger partial charge in [0.15, 0.2) is 6.04 Å². The maximum absolute atomic E-state index is 15.2. The van der Waals surface area contributed by atoms with Crippen LogP contribution in [0.1, 0.15) is 18.5 Å². The molecule has 9 heteroatoms. The van der Waals surface area contributed by atoms with Crippen molar-refractivity contribution >= 4 is 17.7 Å². The van der Waals surface area contributed by atoms with E-state index < -0.39 is 29.8 Å². The number of nitrogens with zero attached hydrogens (tertiary/aromatic N) is 2. The SMILES string of the molecule is CC(C(N)=O)C1(F)OC(=O)N(F)C1c1ccc(N2CCNCC2)cc1. The van der Waals surface area contributed by atoms with Crippen LogP contribution in [0.3, 0.4) is 0 Å². The Bertz CT molecular complexity index is 666. The minimum atomic E-state index is -2.87. The molecule has 0 aromatic heterocycles. The number of anilines is 1. The van der Waals surface area contributed by atoms with E-state index in [4.69, 9.17) is 5.73 Å². The van der Waals surface area contributed by atoms with Crippen molar-refractivity contribution in [2.24, 2.45) is 11.7 Å². The van der Waals surface area contributed by atoms with Crippen molar-refractivity contribution in [3.63, 3.8) is 0 Å². The Morgan fingerprint density at radius 2 is 1.96 bits per heavy atom. The normalized spacial score (nSPS) is 28.0. The van der Waals surface area contributed by atoms with Crippen molar-refractivity contribution < 1.29 is 23.2 Å². The molecular formula is C16H20F2N4O3. The molecule has 3 unspecified atom stereocenters. The summed E-state index contributed by atoms with van der Waals surface area (Å²) < 4.78 is 33.9. The topological polar surface area (TPSA) is 87.9 Å². The van der Waals surface area contributed by atoms with Gasteiger partial charge in [0.25, 0.3) is 5.85 Å². The molecular weight excluding hydrogens is 334 g/mol. The highest BCUT2D eigenvalue weighted by Crippen LogP contribution is 2.47. The number of rotatable bonds is 4. The van der Waals surface area contributed by atoms with Gasteiger partial charge in [0, 0.05) is 31.9 Å². The lowest BCUT2D eigenvalue weighted by Crippen LogP contribution is -2.44. The lowest BCUT2D eigenvalue weighted by molar-refractivity contribution is -0.156. The van der Waals surface area contributed by atoms with Crippen LogP contribution in [0.5, 0.6) is 0 Å². The molecule has 0 aliphatic carbocycles. The molecule has 0 saturated carbocycles. The van der Waals surface area contributed by atoms with Crippen LogP contribution in [0.25, 0.3) is 0 Å². The van der Waals surface area contributed by atoms with Gasteiger partial charge in [-0.05, 0) is 24.6 Å². The van der Waals surface area contributed by atoms with Crippen LogP contribution in [-0.2, 0) is 9.53 Å². The standard InChI is InChI=1S/C16H20F2N4O3/c1-10(14(19)23)16(17)13(22(18)15(24)25-16)11-2-4-12(5-3-11)21-8-6-20-7-9-21/h2-5,10,13,20H,6-9H2,1H3,(H2,19,23). The third kappa shape index (κ3) is 2.99. The highest BCUT2D eigenvalue weighted by atomic mass is 19.2. The van der Waals surface area contributed by atoms with E-state index in [1.165, 1.54) is 12.1 Å². The first kappa shape index (κ1) is 17.4. The number of ether oxygens (including phenoxy) is 1. The number of amides is 2. The molecule has 0 radical (unpaired) electrons. The first-order chi connectivity index (χ1) is 11.8. The van der Waals surface area contributed by atoms with Crippen molar-refractivity contribution in [3.8, 4) is 0 Å². The molecule has 2 aliphatic heterocycles. The molecule has 3 rings (SSSR count). The number of halogens is 2. The first-order valence-corrected chi connectivity index (χ1v) is 8.06. The van der Waals surface area contributed by atoms with Crippen molar-refractivity contribution in [1.82, 2.24) is 10.4 Å². The van der Waals surface area contributed by atoms with Crippen LogP contribution >= 0.6 is 0 Å². The lowest BCUT2D eigenvalue weighted by Gasteiger charge is -2.31. The summed E-state index contributed by atoms with van der Waals surface area (Å²) in [7, 11) is 0. The number of piperazine rings is 1. The predicted molar refractivity (Wildman–Crippen MR) is 85.9 cm³/mol. The molecule has 2 saturated heterocycles. The highest BCUT2D eigenvalue weighted by Gasteiger charge is 2.61. The first-order valence-electron chi connectivity index (χ1n) is 8.06. The summed E-state index contributed by atoms with van der Waals surface area (Å²) in [4.78, 5) is 25.1. The van der Waals surface area contributed by atoms with Gasteiger partial charge < -0.3 is 20.7 Å². The Morgan fingerprint density at radius 3 is 2.52 bits per heavy atom. The molecule has 2 aliphatic rings. The average Bonchev–Trinajstić information content (AvgIpc) is 2.85. The van der Waals surface area contributed by atoms with Gasteiger partial charge in [-0.2, -0.15) is 4.39 Å². The molecule has 136 valence electrons. The number of nitrogens with two attached hydrogens (primary N) is 1. The zero-order chi connectivity index (χ0) is 18.2. The van der Waals surface area contributed by atoms with Crippen LogP contribution in [-0.4, -0.2) is 49.2 Å². The van der Waals surface area contributed by atoms with Crippen molar-refractivity contribution in [3.05, 3.63) is 29.8 Å². The molecule has 2 fully saturated rings. The van der Waals surface area contributed by atoms with Crippen LogP contribution in [0.4, 0.5) is 19.4 Å². The number of cyclic esters (lactones) is 1. The average molecular weight is 354 g/mol. The van der Waals surface area contributed by atoms with Gasteiger partial charge in [-0.1, -0.05) is 16.6 Å². The summed E-state index contributed by atoms with van der Waals surface area (Å²) in [6.07, 6.45) is -1.48. The molecule has 3 N–H and O–H groups in total. The van der Waals surface area contributed by atoms with Crippen LogP contribution in [0.15, 0.2) is 24.3 Å². The second kappa shape index (κ2) is 6.47. The van der Waals surface area contributed by atoms with Gasteiger partial charge in [0.2, 0.25) is 5.91 Å². The smallest absolute Gasteiger partial charge is 0.407 e. The molecule has 1 aromatic rings. The molecule has 2 amide bonds. The van der Waals surface area contributed by atoms with E-state index in [0.717, 1.165) is 38.8 Å². The number of hydrogen-bond acceptors (Lipinski definition) is 5. The zero-order valence-electron chi connectivity index (χ0n) is 13.7. The minimum absolute atomic E-state index is 0.183. The van der Waals surface area contributed by atoms with Crippen LogP contribution < -0.4 is 16.0 Å². The Balaban J connectivity index is 1.89. The van der Waals surface area contributed by atoms with Gasteiger partial charge in [-0.3, -0.25) is 4.79 Å². The van der Waals surface area contributed by atoms with Crippen LogP contribution in [0.2, 0.25) is 0 Å². The van der Waals surface area contributed by atoms with E-state index in [9.17, 15) is 14.1 Å². The Kier molecular flexibility index (Phi) is 4.51. The fourth-order valence-corrected chi connectivity index (χ4v) is 3.16. The van der Waals surface area contributed by atoms with E-state index >= 15 is 4.39 Å². The molecule has 25 heavy (non-hydrogen) atoms. The minimum Gasteiger partial charge on any atom is -0.407 e. The molecule has 7 nitrogen and oxygen atoms in total. The van der Waals surface area contributed by atoms with E-state index in [1.807, 2.05) is 0 Å². The fraction of sp³-hybridized carbons (Fsp3) is 0.500. The number of carbonyl (C=O) groups is 2. The van der Waals surface area contributed by atoms with Gasteiger partial charge in [0.05, 0.1) is 0 Å². The number of primary amides is 1. The number of benzene rings is 1. The predicted octanol–water partition coefficient (Wildman–Crippen LogP) is 1.26. The molecule has 2 heterocycles. The summed E-state index contributed by atoms with van der Waals surface area (Å²) in [6.45, 7) is 4.52. The second-order valence-corrected chi connectivity index (χ2v) is 6.23. The molecule has 0 spiro atoms. The zero-order valence-corrected chi connectivity index (χ0v) is 13.7. The summed E-state index contributed by atoms with van der Waals surface area (Å²) in [5.74, 6) is -5.39. The fourth-order valence-electron chi connectivity index (χ4n) is 3.16. The van der Waals surface area contributed by atoms with Gasteiger partial charge in [0.1, 0.15) is 5.92 Å². The summed E-state index contributed by atoms with van der Waals surface area (Å²) in [5.41, 5.74) is 6.22. The lowest BCUT2D eigenvalue weighted by atomic mass is 9.90. The molecule has 0 bridgehead atoms. The van der Waals surface area contributed by atoms with E-state index in [1.54, 1.807) is 12.1 Å². The monoisotopic (exact) mass is 354 g/mol. The van der Waals surface area contributed by atoms with Gasteiger partial charge >= 0.3 is 6.09 Å². The Hall–Kier alpha value is -2.42. The third-order valence-corrected chi connectivity index (χ3v) is 4.73. The number of nitrogens with one attached hydrogen (secondary N) is 1. The van der Waals surface area contributed by atoms with Crippen molar-refractivity contribution in [1.29, 1.82) is 0 Å². The van der Waals surface area contributed by atoms with Crippen molar-refractivity contribution in [2.45, 2.75) is 18.8 Å². The molecule has 3 atom stereocenters. The van der Waals surface area contributed by atoms with E-state index in [2.05, 4.69) is 15.0 Å². The largest absolute Gasteiger partial charge is 0.441 e. The Labute approximate surface area is 143 Å². The second-order valence-electron chi connectivity index (χ2n) is 6.23. The summed E-state index contributed by atoms with van der Waals surface area (Å²) in [5, 5.41) is 2.91. The maximum Gasteiger partial charge on any atom is 0.441 e. The Morgan fingerprint density at radius 1 is 1.36 bits per heavy atom. The molecule has 1 aromatic carbocycles. The number of hydrogen-bond donors (Lipinski definition) is 2. The van der Waals surface area contributed by atoms with Crippen molar-refractivity contribution in [2.75, 3.05) is 31.1 Å². The number of alkyl halides is 1. The quantitative estimate of drug-likeness (QED) is 0.795. The highest BCUT2D eigenvalue weighted by molar-refractivity contribution is 5.79. The maximum atomic E-state index is 15.2. The third-order valence-electron chi connectivity index (χ3n) is 4.73. The van der Waals surface area contributed by atoms with E-state index in [-0.39, 0.29) is 10.7 Å². The van der Waals surface area contributed by atoms with Gasteiger partial charge in [-0.15, -0.1) is 5.12 Å². The summed E-state index contributed by atoms with van der Waals surface area (Å²) >= 11 is 0. The number of carbonyl (C=O) groups excluding carboxylic acids is 2.